The van der Waals surface area contributed by atoms with Gasteiger partial charge in [0, 0.05) is 13.1 Å². The fraction of sp³-hybridized carbons (Fsp3) is 0.938. The fourth-order valence-corrected chi connectivity index (χ4v) is 3.50. The lowest BCUT2D eigenvalue weighted by Crippen LogP contribution is -2.50. The third-order valence-corrected chi connectivity index (χ3v) is 5.08. The minimum atomic E-state index is -0.214. The van der Waals surface area contributed by atoms with Gasteiger partial charge in [0.2, 0.25) is 5.91 Å². The molecule has 2 saturated heterocycles. The average Bonchev–Trinajstić information content (AvgIpc) is 2.75. The van der Waals surface area contributed by atoms with Crippen LogP contribution in [0.25, 0.3) is 0 Å². The number of hydrogen-bond donors (Lipinski definition) is 1. The van der Waals surface area contributed by atoms with E-state index in [1.165, 1.54) is 12.8 Å². The van der Waals surface area contributed by atoms with Gasteiger partial charge in [-0.2, -0.15) is 0 Å². The van der Waals surface area contributed by atoms with E-state index in [0.29, 0.717) is 11.8 Å². The first-order valence-electron chi connectivity index (χ1n) is 8.30. The van der Waals surface area contributed by atoms with E-state index >= 15 is 0 Å². The molecule has 2 unspecified atom stereocenters. The molecule has 2 heterocycles. The fourth-order valence-electron chi connectivity index (χ4n) is 3.50. The number of aliphatic hydroxyl groups excluding tert-OH is 1. The lowest BCUT2D eigenvalue weighted by molar-refractivity contribution is -0.137. The summed E-state index contributed by atoms with van der Waals surface area (Å²) in [7, 11) is 0. The highest BCUT2D eigenvalue weighted by molar-refractivity contribution is 5.81. The lowest BCUT2D eigenvalue weighted by atomic mass is 9.91. The van der Waals surface area contributed by atoms with Crippen LogP contribution in [0.4, 0.5) is 0 Å². The molecule has 0 aromatic rings. The molecule has 116 valence electrons. The first-order valence-corrected chi connectivity index (χ1v) is 8.30. The first kappa shape index (κ1) is 15.8. The number of piperidine rings is 1. The highest BCUT2D eigenvalue weighted by atomic mass is 16.3. The van der Waals surface area contributed by atoms with E-state index in [0.717, 1.165) is 51.9 Å². The SMILES string of the molecule is CC(O)C1CCN(C(C)C(=O)N2CCCCCC2)CC1. The van der Waals surface area contributed by atoms with Crippen LogP contribution < -0.4 is 0 Å². The molecule has 4 nitrogen and oxygen atoms in total. The van der Waals surface area contributed by atoms with Crippen molar-refractivity contribution in [1.29, 1.82) is 0 Å². The molecule has 2 aliphatic rings. The molecule has 0 spiro atoms. The maximum absolute atomic E-state index is 12.6. The number of nitrogens with zero attached hydrogens (tertiary/aromatic N) is 2. The summed E-state index contributed by atoms with van der Waals surface area (Å²) in [6, 6.07) is 0.00282. The van der Waals surface area contributed by atoms with Crippen molar-refractivity contribution in [3.05, 3.63) is 0 Å². The van der Waals surface area contributed by atoms with Crippen LogP contribution >= 0.6 is 0 Å². The van der Waals surface area contributed by atoms with Gasteiger partial charge in [-0.3, -0.25) is 9.69 Å². The quantitative estimate of drug-likeness (QED) is 0.859. The van der Waals surface area contributed by atoms with Crippen molar-refractivity contribution in [1.82, 2.24) is 9.80 Å². The minimum Gasteiger partial charge on any atom is -0.393 e. The van der Waals surface area contributed by atoms with E-state index in [2.05, 4.69) is 16.7 Å². The summed E-state index contributed by atoms with van der Waals surface area (Å²) in [5.41, 5.74) is 0. The molecule has 0 saturated carbocycles. The Morgan fingerprint density at radius 1 is 1.00 bits per heavy atom. The van der Waals surface area contributed by atoms with Gasteiger partial charge in [0.05, 0.1) is 12.1 Å². The number of likely N-dealkylation sites (tertiary alicyclic amines) is 2. The number of carbonyl (C=O) groups excluding carboxylic acids is 1. The molecule has 2 rings (SSSR count). The van der Waals surface area contributed by atoms with E-state index in [4.69, 9.17) is 0 Å². The van der Waals surface area contributed by atoms with Gasteiger partial charge in [-0.05, 0) is 58.5 Å². The van der Waals surface area contributed by atoms with Crippen LogP contribution in [0.1, 0.15) is 52.4 Å². The van der Waals surface area contributed by atoms with Crippen molar-refractivity contribution >= 4 is 5.91 Å². The molecule has 0 radical (unpaired) electrons. The Balaban J connectivity index is 1.84. The second-order valence-corrected chi connectivity index (χ2v) is 6.53. The molecular weight excluding hydrogens is 252 g/mol. The summed E-state index contributed by atoms with van der Waals surface area (Å²) in [5.74, 6) is 0.717. The molecule has 2 aliphatic heterocycles. The largest absolute Gasteiger partial charge is 0.393 e. The van der Waals surface area contributed by atoms with Gasteiger partial charge in [0.25, 0.3) is 0 Å². The van der Waals surface area contributed by atoms with Crippen molar-refractivity contribution in [2.75, 3.05) is 26.2 Å². The number of rotatable bonds is 3. The van der Waals surface area contributed by atoms with Gasteiger partial charge in [0.1, 0.15) is 0 Å². The van der Waals surface area contributed by atoms with Crippen LogP contribution in [-0.2, 0) is 4.79 Å². The van der Waals surface area contributed by atoms with E-state index in [1.807, 2.05) is 6.92 Å². The summed E-state index contributed by atoms with van der Waals surface area (Å²) in [4.78, 5) is 17.0. The third kappa shape index (κ3) is 3.95. The van der Waals surface area contributed by atoms with Crippen LogP contribution in [0, 0.1) is 5.92 Å². The number of hydrogen-bond acceptors (Lipinski definition) is 3. The van der Waals surface area contributed by atoms with Crippen LogP contribution in [0.15, 0.2) is 0 Å². The van der Waals surface area contributed by atoms with Gasteiger partial charge >= 0.3 is 0 Å². The Kier molecular flexibility index (Phi) is 5.85. The van der Waals surface area contributed by atoms with Crippen LogP contribution in [0.3, 0.4) is 0 Å². The molecule has 2 atom stereocenters. The zero-order chi connectivity index (χ0) is 14.5. The summed E-state index contributed by atoms with van der Waals surface area (Å²) in [5, 5.41) is 9.65. The molecule has 1 amide bonds. The Bertz CT molecular complexity index is 304. The Morgan fingerprint density at radius 3 is 2.05 bits per heavy atom. The summed E-state index contributed by atoms with van der Waals surface area (Å²) in [6.07, 6.45) is 6.64. The van der Waals surface area contributed by atoms with Gasteiger partial charge in [-0.25, -0.2) is 0 Å². The van der Waals surface area contributed by atoms with E-state index in [9.17, 15) is 9.90 Å². The third-order valence-electron chi connectivity index (χ3n) is 5.08. The predicted octanol–water partition coefficient (Wildman–Crippen LogP) is 1.87. The molecule has 2 fully saturated rings. The van der Waals surface area contributed by atoms with Gasteiger partial charge in [0.15, 0.2) is 0 Å². The van der Waals surface area contributed by atoms with E-state index in [-0.39, 0.29) is 12.1 Å². The van der Waals surface area contributed by atoms with Crippen LogP contribution in [-0.4, -0.2) is 59.1 Å². The normalized spacial score (nSPS) is 26.1. The Labute approximate surface area is 123 Å². The maximum atomic E-state index is 12.6. The molecule has 0 aromatic heterocycles. The molecule has 0 aliphatic carbocycles. The standard InChI is InChI=1S/C16H30N2O2/c1-13(16(20)18-9-5-3-4-6-10-18)17-11-7-15(8-12-17)14(2)19/h13-15,19H,3-12H2,1-2H3. The first-order chi connectivity index (χ1) is 9.59. The molecule has 20 heavy (non-hydrogen) atoms. The van der Waals surface area contributed by atoms with Crippen LogP contribution in [0.2, 0.25) is 0 Å². The summed E-state index contributed by atoms with van der Waals surface area (Å²) >= 11 is 0. The molecular formula is C16H30N2O2. The summed E-state index contributed by atoms with van der Waals surface area (Å²) in [6.45, 7) is 7.69. The second-order valence-electron chi connectivity index (χ2n) is 6.53. The van der Waals surface area contributed by atoms with Crippen molar-refractivity contribution in [3.63, 3.8) is 0 Å². The average molecular weight is 282 g/mol. The number of aliphatic hydroxyl groups is 1. The van der Waals surface area contributed by atoms with Crippen molar-refractivity contribution < 1.29 is 9.90 Å². The Morgan fingerprint density at radius 2 is 1.55 bits per heavy atom. The van der Waals surface area contributed by atoms with Gasteiger partial charge < -0.3 is 10.0 Å². The molecule has 0 aromatic carbocycles. The molecule has 4 heteroatoms. The highest BCUT2D eigenvalue weighted by Gasteiger charge is 2.30. The molecule has 1 N–H and O–H groups in total. The smallest absolute Gasteiger partial charge is 0.239 e. The van der Waals surface area contributed by atoms with Crippen molar-refractivity contribution in [3.8, 4) is 0 Å². The maximum Gasteiger partial charge on any atom is 0.239 e. The van der Waals surface area contributed by atoms with E-state index in [1.54, 1.807) is 0 Å². The van der Waals surface area contributed by atoms with E-state index < -0.39 is 0 Å². The summed E-state index contributed by atoms with van der Waals surface area (Å²) < 4.78 is 0. The van der Waals surface area contributed by atoms with Gasteiger partial charge in [-0.15, -0.1) is 0 Å². The predicted molar refractivity (Wildman–Crippen MR) is 80.5 cm³/mol. The molecule has 0 bridgehead atoms. The van der Waals surface area contributed by atoms with Crippen molar-refractivity contribution in [2.45, 2.75) is 64.5 Å². The van der Waals surface area contributed by atoms with Gasteiger partial charge in [-0.1, -0.05) is 12.8 Å². The monoisotopic (exact) mass is 282 g/mol. The Hall–Kier alpha value is -0.610. The lowest BCUT2D eigenvalue weighted by Gasteiger charge is -2.38. The zero-order valence-electron chi connectivity index (χ0n) is 13.1. The number of amides is 1. The zero-order valence-corrected chi connectivity index (χ0v) is 13.1. The topological polar surface area (TPSA) is 43.8 Å². The van der Waals surface area contributed by atoms with Crippen LogP contribution in [0.5, 0.6) is 0 Å². The second kappa shape index (κ2) is 7.41. The highest BCUT2D eigenvalue weighted by Crippen LogP contribution is 2.23. The van der Waals surface area contributed by atoms with Crippen molar-refractivity contribution in [2.24, 2.45) is 5.92 Å². The minimum absolute atomic E-state index is 0.00282. The number of carbonyl (C=O) groups is 1.